The van der Waals surface area contributed by atoms with E-state index in [0.29, 0.717) is 0 Å². The number of nitrogens with one attached hydrogen (secondary N) is 1. The first kappa shape index (κ1) is 25.0. The third kappa shape index (κ3) is 5.66. The zero-order valence-corrected chi connectivity index (χ0v) is 19.3. The summed E-state index contributed by atoms with van der Waals surface area (Å²) in [6.07, 6.45) is 1.26. The number of benzene rings is 1. The third-order valence-corrected chi connectivity index (χ3v) is 4.86. The van der Waals surface area contributed by atoms with E-state index in [0.717, 1.165) is 9.13 Å². The molecule has 0 bridgehead atoms. The van der Waals surface area contributed by atoms with Gasteiger partial charge in [0.15, 0.2) is 6.61 Å². The van der Waals surface area contributed by atoms with Gasteiger partial charge in [0.2, 0.25) is 11.7 Å². The number of ketones is 1. The molecule has 1 aromatic carbocycles. The summed E-state index contributed by atoms with van der Waals surface area (Å²) in [6.45, 7) is 2.89. The molecule has 35 heavy (non-hydrogen) atoms. The summed E-state index contributed by atoms with van der Waals surface area (Å²) in [5.41, 5.74) is 4.13. The minimum Gasteiger partial charge on any atom is -0.454 e. The summed E-state index contributed by atoms with van der Waals surface area (Å²) in [7, 11) is 1.23. The first-order valence-corrected chi connectivity index (χ1v) is 10.5. The quantitative estimate of drug-likeness (QED) is 0.295. The van der Waals surface area contributed by atoms with Gasteiger partial charge in [-0.1, -0.05) is 26.0 Å². The van der Waals surface area contributed by atoms with Gasteiger partial charge in [0.1, 0.15) is 24.3 Å². The number of rotatable bonds is 9. The van der Waals surface area contributed by atoms with Crippen LogP contribution in [0.3, 0.4) is 0 Å². The number of hydrogen-bond acceptors (Lipinski definition) is 10. The number of aromatic nitrogens is 6. The molecule has 14 heteroatoms. The lowest BCUT2D eigenvalue weighted by Crippen LogP contribution is -2.43. The number of amides is 1. The lowest BCUT2D eigenvalue weighted by Gasteiger charge is -2.16. The van der Waals surface area contributed by atoms with Gasteiger partial charge >= 0.3 is 11.7 Å². The molecule has 2 heterocycles. The Balaban J connectivity index is 1.77. The maximum absolute atomic E-state index is 12.8. The lowest BCUT2D eigenvalue weighted by atomic mass is 10.1. The number of esters is 1. The molecule has 3 aromatic rings. The smallest absolute Gasteiger partial charge is 0.340 e. The zero-order valence-electron chi connectivity index (χ0n) is 19.3. The van der Waals surface area contributed by atoms with E-state index in [1.165, 1.54) is 30.2 Å². The van der Waals surface area contributed by atoms with Gasteiger partial charge in [0.05, 0.1) is 11.3 Å². The molecule has 0 aliphatic rings. The number of nitrogens with zero attached hydrogens (tertiary/aromatic N) is 6. The second-order valence-electron chi connectivity index (χ2n) is 8.01. The molecule has 0 saturated heterocycles. The fourth-order valence-electron chi connectivity index (χ4n) is 3.23. The van der Waals surface area contributed by atoms with Crippen LogP contribution in [0.15, 0.2) is 40.2 Å². The highest BCUT2D eigenvalue weighted by Crippen LogP contribution is 2.17. The second-order valence-corrected chi connectivity index (χ2v) is 8.01. The molecule has 0 aliphatic carbocycles. The summed E-state index contributed by atoms with van der Waals surface area (Å²) in [6, 6.07) is 6.02. The van der Waals surface area contributed by atoms with Crippen LogP contribution in [0, 0.1) is 5.92 Å². The van der Waals surface area contributed by atoms with Crippen LogP contribution in [0.25, 0.3) is 0 Å². The molecular weight excluding hydrogens is 460 g/mol. The van der Waals surface area contributed by atoms with Crippen molar-refractivity contribution in [2.24, 2.45) is 13.0 Å². The minimum atomic E-state index is -0.914. The number of para-hydroxylation sites is 1. The number of ether oxygens (including phenoxy) is 1. The Bertz CT molecular complexity index is 1370. The predicted octanol–water partition coefficient (Wildman–Crippen LogP) is -0.550. The summed E-state index contributed by atoms with van der Waals surface area (Å²) in [5, 5.41) is 13.0. The summed E-state index contributed by atoms with van der Waals surface area (Å²) >= 11 is 0. The van der Waals surface area contributed by atoms with E-state index in [9.17, 15) is 24.0 Å². The Hall–Kier alpha value is -4.62. The number of carbonyl (C=O) groups excluding carboxylic acids is 3. The van der Waals surface area contributed by atoms with Crippen molar-refractivity contribution in [3.63, 3.8) is 0 Å². The fraction of sp³-hybridized carbons (Fsp3) is 0.333. The van der Waals surface area contributed by atoms with E-state index >= 15 is 0 Å². The van der Waals surface area contributed by atoms with Gasteiger partial charge < -0.3 is 15.8 Å². The number of carbonyl (C=O) groups is 3. The van der Waals surface area contributed by atoms with E-state index < -0.39 is 41.1 Å². The zero-order chi connectivity index (χ0) is 25.7. The Morgan fingerprint density at radius 1 is 1.17 bits per heavy atom. The van der Waals surface area contributed by atoms with Crippen molar-refractivity contribution in [1.82, 2.24) is 29.3 Å². The van der Waals surface area contributed by atoms with Crippen LogP contribution in [0.4, 0.5) is 11.5 Å². The topological polar surface area (TPSA) is 186 Å². The summed E-state index contributed by atoms with van der Waals surface area (Å²) in [5.74, 6) is -2.56. The molecule has 0 spiro atoms. The highest BCUT2D eigenvalue weighted by Gasteiger charge is 2.24. The highest BCUT2D eigenvalue weighted by molar-refractivity contribution is 6.04. The summed E-state index contributed by atoms with van der Waals surface area (Å²) < 4.78 is 8.21. The average Bonchev–Trinajstić information content (AvgIpc) is 3.32. The maximum Gasteiger partial charge on any atom is 0.340 e. The molecule has 0 fully saturated rings. The SMILES string of the molecule is CC(C)Cn1c(N)c(C(=O)COC(=O)c2ccccc2NC(=O)Cn2cnnn2)c(=O)n(C)c1=O. The summed E-state index contributed by atoms with van der Waals surface area (Å²) in [4.78, 5) is 62.6. The van der Waals surface area contributed by atoms with Crippen LogP contribution in [-0.2, 0) is 29.7 Å². The standard InChI is InChI=1S/C21H24N8O6/c1-12(2)8-29-18(22)17(19(32)27(3)21(29)34)15(30)10-35-20(33)13-6-4-5-7-14(13)24-16(31)9-28-11-23-25-26-28/h4-7,11-12H,8-10,22H2,1-3H3,(H,24,31). The predicted molar refractivity (Wildman–Crippen MR) is 123 cm³/mol. The van der Waals surface area contributed by atoms with Gasteiger partial charge in [-0.2, -0.15) is 0 Å². The molecule has 0 unspecified atom stereocenters. The molecule has 14 nitrogen and oxygen atoms in total. The van der Waals surface area contributed by atoms with Crippen molar-refractivity contribution < 1.29 is 19.1 Å². The largest absolute Gasteiger partial charge is 0.454 e. The van der Waals surface area contributed by atoms with Gasteiger partial charge in [-0.3, -0.25) is 23.5 Å². The molecule has 0 saturated carbocycles. The van der Waals surface area contributed by atoms with Crippen LogP contribution >= 0.6 is 0 Å². The van der Waals surface area contributed by atoms with E-state index in [2.05, 4.69) is 20.8 Å². The second kappa shape index (κ2) is 10.5. The van der Waals surface area contributed by atoms with Crippen LogP contribution in [0.5, 0.6) is 0 Å². The van der Waals surface area contributed by atoms with Crippen molar-refractivity contribution in [3.05, 3.63) is 62.6 Å². The Kier molecular flexibility index (Phi) is 7.53. The lowest BCUT2D eigenvalue weighted by molar-refractivity contribution is -0.116. The number of nitrogens with two attached hydrogens (primary N) is 1. The normalized spacial score (nSPS) is 10.9. The van der Waals surface area contributed by atoms with E-state index in [-0.39, 0.29) is 36.1 Å². The molecular formula is C21H24N8O6. The van der Waals surface area contributed by atoms with Crippen LogP contribution in [0.2, 0.25) is 0 Å². The Morgan fingerprint density at radius 2 is 1.89 bits per heavy atom. The van der Waals surface area contributed by atoms with Crippen molar-refractivity contribution >= 4 is 29.2 Å². The Morgan fingerprint density at radius 3 is 2.54 bits per heavy atom. The Labute approximate surface area is 198 Å². The molecule has 1 amide bonds. The van der Waals surface area contributed by atoms with Gasteiger partial charge in [0.25, 0.3) is 5.56 Å². The molecule has 3 rings (SSSR count). The van der Waals surface area contributed by atoms with Crippen LogP contribution in [0.1, 0.15) is 34.6 Å². The molecule has 0 aliphatic heterocycles. The molecule has 2 aromatic heterocycles. The van der Waals surface area contributed by atoms with E-state index in [1.54, 1.807) is 12.1 Å². The number of Topliss-reactive ketones (excluding diaryl/α,β-unsaturated/α-hetero) is 1. The van der Waals surface area contributed by atoms with Crippen molar-refractivity contribution in [2.45, 2.75) is 26.9 Å². The van der Waals surface area contributed by atoms with Crippen molar-refractivity contribution in [1.29, 1.82) is 0 Å². The molecule has 184 valence electrons. The van der Waals surface area contributed by atoms with E-state index in [1.807, 2.05) is 13.8 Å². The van der Waals surface area contributed by atoms with Gasteiger partial charge in [-0.05, 0) is 28.5 Å². The maximum atomic E-state index is 12.8. The first-order chi connectivity index (χ1) is 16.6. The number of anilines is 2. The van der Waals surface area contributed by atoms with Gasteiger partial charge in [0, 0.05) is 13.6 Å². The number of tetrazole rings is 1. The first-order valence-electron chi connectivity index (χ1n) is 10.5. The molecule has 3 N–H and O–H groups in total. The van der Waals surface area contributed by atoms with Crippen molar-refractivity contribution in [3.8, 4) is 0 Å². The third-order valence-electron chi connectivity index (χ3n) is 4.86. The van der Waals surface area contributed by atoms with Gasteiger partial charge in [-0.15, -0.1) is 5.10 Å². The van der Waals surface area contributed by atoms with Gasteiger partial charge in [-0.25, -0.2) is 14.3 Å². The minimum absolute atomic E-state index is 0.0146. The molecule has 0 atom stereocenters. The fourth-order valence-corrected chi connectivity index (χ4v) is 3.23. The number of hydrogen-bond donors (Lipinski definition) is 2. The van der Waals surface area contributed by atoms with Crippen LogP contribution < -0.4 is 22.3 Å². The molecule has 0 radical (unpaired) electrons. The highest BCUT2D eigenvalue weighted by atomic mass is 16.5. The average molecular weight is 484 g/mol. The van der Waals surface area contributed by atoms with E-state index in [4.69, 9.17) is 10.5 Å². The monoisotopic (exact) mass is 484 g/mol. The van der Waals surface area contributed by atoms with Crippen LogP contribution in [-0.4, -0.2) is 53.6 Å². The van der Waals surface area contributed by atoms with Crippen molar-refractivity contribution in [2.75, 3.05) is 17.7 Å². The number of nitrogen functional groups attached to an aromatic ring is 1.